The van der Waals surface area contributed by atoms with Crippen LogP contribution in [0, 0.1) is 0 Å². The molecule has 4 nitrogen and oxygen atoms in total. The van der Waals surface area contributed by atoms with Crippen LogP contribution in [0.1, 0.15) is 20.8 Å². The first-order valence-electron chi connectivity index (χ1n) is 3.38. The van der Waals surface area contributed by atoms with E-state index in [9.17, 15) is 9.59 Å². The molecule has 0 aromatic carbocycles. The molecule has 0 aromatic rings. The summed E-state index contributed by atoms with van der Waals surface area (Å²) in [6, 6.07) is 0. The van der Waals surface area contributed by atoms with Crippen LogP contribution in [0.3, 0.4) is 0 Å². The summed E-state index contributed by atoms with van der Waals surface area (Å²) >= 11 is 4.24. The number of Topliss-reactive ketones (excluding diaryl/α,β-unsaturated/α-hetero) is 1. The van der Waals surface area contributed by atoms with Crippen LogP contribution in [0.25, 0.3) is 0 Å². The van der Waals surface area contributed by atoms with Gasteiger partial charge in [0.15, 0.2) is 0 Å². The Morgan fingerprint density at radius 1 is 1.07 bits per heavy atom. The number of nitrogens with two attached hydrogens (primary N) is 1. The zero-order valence-electron chi connectivity index (χ0n) is 9.10. The normalized spacial score (nSPS) is 5.14. The first-order chi connectivity index (χ1) is 6.00. The monoisotopic (exact) mass is 467 g/mol. The summed E-state index contributed by atoms with van der Waals surface area (Å²) in [6.45, 7) is 4.53. The van der Waals surface area contributed by atoms with E-state index in [-0.39, 0.29) is 30.2 Å². The molecule has 0 aromatic heterocycles. The fourth-order valence-electron chi connectivity index (χ4n) is 0. The molecule has 0 bridgehead atoms. The topological polar surface area (TPSA) is 72.2 Å². The molecule has 1 amide bonds. The van der Waals surface area contributed by atoms with Gasteiger partial charge in [-0.2, -0.15) is 0 Å². The summed E-state index contributed by atoms with van der Waals surface area (Å²) in [5.41, 5.74) is 4.50. The van der Waals surface area contributed by atoms with Gasteiger partial charge in [-0.05, 0) is 20.9 Å². The molecule has 0 rings (SSSR count). The zero-order chi connectivity index (χ0) is 11.9. The summed E-state index contributed by atoms with van der Waals surface area (Å²) < 4.78 is 0. The molecular formula is C7H18I2N2O2V. The third-order valence-corrected chi connectivity index (χ3v) is 0.352. The molecule has 0 saturated carbocycles. The molecule has 0 fully saturated rings. The predicted molar refractivity (Wildman–Crippen MR) is 74.2 cm³/mol. The summed E-state index contributed by atoms with van der Waals surface area (Å²) in [7, 11) is 3.10. The Bertz CT molecular complexity index is 112. The van der Waals surface area contributed by atoms with Gasteiger partial charge in [0.2, 0.25) is 5.91 Å². The van der Waals surface area contributed by atoms with Gasteiger partial charge in [0.05, 0.1) is 0 Å². The molecule has 0 aliphatic heterocycles. The van der Waals surface area contributed by atoms with Crippen molar-refractivity contribution in [1.82, 2.24) is 5.32 Å². The number of amides is 1. The van der Waals surface area contributed by atoms with Gasteiger partial charge < -0.3 is 15.8 Å². The predicted octanol–water partition coefficient (Wildman–Crippen LogP) is 1.69. The Balaban J connectivity index is -0.0000000273. The van der Waals surface area contributed by atoms with Crippen LogP contribution in [0.4, 0.5) is 0 Å². The zero-order valence-corrected chi connectivity index (χ0v) is 14.8. The molecule has 0 aliphatic rings. The molecular weight excluding hydrogens is 449 g/mol. The van der Waals surface area contributed by atoms with E-state index < -0.39 is 0 Å². The number of rotatable bonds is 0. The van der Waals surface area contributed by atoms with E-state index in [1.165, 1.54) is 27.8 Å². The minimum absolute atomic E-state index is 0. The first kappa shape index (κ1) is 29.4. The van der Waals surface area contributed by atoms with Crippen LogP contribution in [-0.2, 0) is 28.1 Å². The molecule has 7 heteroatoms. The van der Waals surface area contributed by atoms with Gasteiger partial charge in [-0.15, -0.1) is 0 Å². The Morgan fingerprint density at radius 3 is 1.14 bits per heavy atom. The second-order valence-corrected chi connectivity index (χ2v) is 1.71. The number of hydrogen-bond donors (Lipinski definition) is 2. The molecule has 14 heavy (non-hydrogen) atoms. The fraction of sp³-hybridized carbons (Fsp3) is 0.714. The average molecular weight is 467 g/mol. The van der Waals surface area contributed by atoms with E-state index in [0.717, 1.165) is 0 Å². The van der Waals surface area contributed by atoms with Crippen LogP contribution in [0.5, 0.6) is 0 Å². The van der Waals surface area contributed by atoms with Gasteiger partial charge in [0.1, 0.15) is 5.78 Å². The largest absolute Gasteiger partial charge is 0.359 e. The maximum Gasteiger partial charge on any atom is 0.216 e. The molecule has 0 aliphatic carbocycles. The molecule has 0 saturated heterocycles. The van der Waals surface area contributed by atoms with E-state index in [0.29, 0.717) is 0 Å². The third-order valence-electron chi connectivity index (χ3n) is 0.352. The number of carbonyl (C=O) groups is 2. The summed E-state index contributed by atoms with van der Waals surface area (Å²) in [5, 5.41) is 2.39. The molecule has 1 radical (unpaired) electrons. The van der Waals surface area contributed by atoms with E-state index in [1.54, 1.807) is 7.05 Å². The Kier molecular flexibility index (Phi) is 77.5. The van der Waals surface area contributed by atoms with Crippen LogP contribution in [-0.4, -0.2) is 25.8 Å². The first-order valence-corrected chi connectivity index (χ1v) is 9.66. The quantitative estimate of drug-likeness (QED) is 0.534. The minimum atomic E-state index is 0. The SMILES string of the molecule is CC(C)=O.CN.CNC(C)=O.II.[V]. The van der Waals surface area contributed by atoms with Crippen LogP contribution in [0.2, 0.25) is 0 Å². The molecule has 3 N–H and O–H groups in total. The van der Waals surface area contributed by atoms with E-state index in [2.05, 4.69) is 48.3 Å². The Morgan fingerprint density at radius 2 is 1.14 bits per heavy atom. The van der Waals surface area contributed by atoms with Crippen molar-refractivity contribution in [2.24, 2.45) is 5.73 Å². The van der Waals surface area contributed by atoms with Crippen molar-refractivity contribution in [2.45, 2.75) is 20.8 Å². The number of nitrogens with one attached hydrogen (secondary N) is 1. The van der Waals surface area contributed by atoms with Gasteiger partial charge in [-0.3, -0.25) is 4.79 Å². The number of hydrogen-bond acceptors (Lipinski definition) is 3. The second kappa shape index (κ2) is 36.8. The van der Waals surface area contributed by atoms with Gasteiger partial charge in [0, 0.05) is 69.8 Å². The van der Waals surface area contributed by atoms with Gasteiger partial charge >= 0.3 is 0 Å². The molecule has 87 valence electrons. The van der Waals surface area contributed by atoms with Crippen LogP contribution < -0.4 is 11.1 Å². The number of halogens is 2. The standard InChI is InChI=1S/C3H7NO.C3H6O.CH5N.I2.V/c1-3(5)4-2;1-3(2)4;2*1-2;/h1-2H3,(H,4,5);1-2H3;2H2,1H3;;. The van der Waals surface area contributed by atoms with Crippen LogP contribution in [0.15, 0.2) is 0 Å². The second-order valence-electron chi connectivity index (χ2n) is 1.71. The van der Waals surface area contributed by atoms with Crippen molar-refractivity contribution in [1.29, 1.82) is 0 Å². The summed E-state index contributed by atoms with van der Waals surface area (Å²) in [5.74, 6) is 0.171. The van der Waals surface area contributed by atoms with Crippen molar-refractivity contribution in [2.75, 3.05) is 14.1 Å². The smallest absolute Gasteiger partial charge is 0.216 e. The maximum absolute atomic E-state index is 9.70. The van der Waals surface area contributed by atoms with E-state index in [1.807, 2.05) is 0 Å². The number of ketones is 1. The van der Waals surface area contributed by atoms with Gasteiger partial charge in [-0.25, -0.2) is 0 Å². The van der Waals surface area contributed by atoms with Gasteiger partial charge in [0.25, 0.3) is 0 Å². The summed E-state index contributed by atoms with van der Waals surface area (Å²) in [4.78, 5) is 19.1. The maximum atomic E-state index is 9.70. The molecule has 0 heterocycles. The van der Waals surface area contributed by atoms with Crippen molar-refractivity contribution >= 4 is 48.9 Å². The minimum Gasteiger partial charge on any atom is -0.359 e. The molecule has 0 spiro atoms. The molecule has 0 atom stereocenters. The van der Waals surface area contributed by atoms with Crippen molar-refractivity contribution in [3.8, 4) is 0 Å². The summed E-state index contributed by atoms with van der Waals surface area (Å²) in [6.07, 6.45) is 0. The average Bonchev–Trinajstić information content (AvgIpc) is 2.10. The molecule has 0 unspecified atom stereocenters. The van der Waals surface area contributed by atoms with E-state index in [4.69, 9.17) is 0 Å². The van der Waals surface area contributed by atoms with E-state index >= 15 is 0 Å². The Labute approximate surface area is 122 Å². The van der Waals surface area contributed by atoms with Crippen molar-refractivity contribution in [3.63, 3.8) is 0 Å². The van der Waals surface area contributed by atoms with Crippen molar-refractivity contribution in [3.05, 3.63) is 0 Å². The third kappa shape index (κ3) is 196. The number of carbonyl (C=O) groups excluding carboxylic acids is 2. The van der Waals surface area contributed by atoms with Crippen LogP contribution >= 0.6 is 37.2 Å². The fourth-order valence-corrected chi connectivity index (χ4v) is 0. The van der Waals surface area contributed by atoms with Gasteiger partial charge in [-0.1, -0.05) is 0 Å². The van der Waals surface area contributed by atoms with Crippen molar-refractivity contribution < 1.29 is 28.1 Å². The Hall–Kier alpha value is 1.14.